The average molecular weight is 272 g/mol. The van der Waals surface area contributed by atoms with E-state index < -0.39 is 23.8 Å². The predicted octanol–water partition coefficient (Wildman–Crippen LogP) is 1.22. The standard InChI is InChI=1S/C12H20N2O5/c1-5-17-10(15)9-6-8(14-19-9)7-13-11(16)18-12(2,3)4/h9H,5-7H2,1-4H3,(H,13,16). The number of nitrogens with zero attached hydrogens (tertiary/aromatic N) is 1. The molecule has 108 valence electrons. The molecule has 1 amide bonds. The summed E-state index contributed by atoms with van der Waals surface area (Å²) < 4.78 is 9.89. The van der Waals surface area contributed by atoms with Crippen LogP contribution < -0.4 is 5.32 Å². The lowest BCUT2D eigenvalue weighted by atomic mass is 10.2. The first-order valence-corrected chi connectivity index (χ1v) is 6.17. The molecule has 1 heterocycles. The molecule has 0 bridgehead atoms. The third kappa shape index (κ3) is 5.58. The zero-order valence-corrected chi connectivity index (χ0v) is 11.7. The quantitative estimate of drug-likeness (QED) is 0.777. The number of hydrogen-bond donors (Lipinski definition) is 1. The number of amides is 1. The zero-order valence-electron chi connectivity index (χ0n) is 11.7. The molecule has 1 unspecified atom stereocenters. The Morgan fingerprint density at radius 1 is 1.47 bits per heavy atom. The fraction of sp³-hybridized carbons (Fsp3) is 0.750. The monoisotopic (exact) mass is 272 g/mol. The minimum absolute atomic E-state index is 0.185. The summed E-state index contributed by atoms with van der Waals surface area (Å²) in [6, 6.07) is 0. The number of nitrogens with one attached hydrogen (secondary N) is 1. The van der Waals surface area contributed by atoms with Gasteiger partial charge in [-0.15, -0.1) is 0 Å². The molecule has 0 fully saturated rings. The van der Waals surface area contributed by atoms with Gasteiger partial charge in [-0.1, -0.05) is 5.16 Å². The van der Waals surface area contributed by atoms with Crippen LogP contribution in [0.1, 0.15) is 34.1 Å². The first-order valence-electron chi connectivity index (χ1n) is 6.17. The molecule has 0 aromatic rings. The van der Waals surface area contributed by atoms with Crippen LogP contribution in [0.5, 0.6) is 0 Å². The molecule has 7 nitrogen and oxygen atoms in total. The number of hydrogen-bond acceptors (Lipinski definition) is 6. The Bertz CT molecular complexity index is 373. The van der Waals surface area contributed by atoms with Gasteiger partial charge in [-0.05, 0) is 27.7 Å². The van der Waals surface area contributed by atoms with E-state index >= 15 is 0 Å². The average Bonchev–Trinajstić information content (AvgIpc) is 2.73. The van der Waals surface area contributed by atoms with Crippen LogP contribution in [0.4, 0.5) is 4.79 Å². The van der Waals surface area contributed by atoms with Crippen molar-refractivity contribution in [2.45, 2.75) is 45.8 Å². The zero-order chi connectivity index (χ0) is 14.5. The minimum Gasteiger partial charge on any atom is -0.463 e. The fourth-order valence-corrected chi connectivity index (χ4v) is 1.38. The van der Waals surface area contributed by atoms with E-state index in [0.29, 0.717) is 18.7 Å². The molecule has 1 rings (SSSR count). The van der Waals surface area contributed by atoms with Crippen LogP contribution in [-0.2, 0) is 19.1 Å². The number of rotatable bonds is 4. The summed E-state index contributed by atoms with van der Waals surface area (Å²) in [6.45, 7) is 7.53. The van der Waals surface area contributed by atoms with Crippen LogP contribution >= 0.6 is 0 Å². The number of oxime groups is 1. The van der Waals surface area contributed by atoms with Gasteiger partial charge in [-0.2, -0.15) is 0 Å². The Hall–Kier alpha value is -1.79. The fourth-order valence-electron chi connectivity index (χ4n) is 1.38. The molecule has 0 spiro atoms. The number of carbonyl (C=O) groups excluding carboxylic acids is 2. The molecule has 1 aliphatic heterocycles. The SMILES string of the molecule is CCOC(=O)C1CC(CNC(=O)OC(C)(C)C)=NO1. The van der Waals surface area contributed by atoms with Crippen LogP contribution in [0.25, 0.3) is 0 Å². The topological polar surface area (TPSA) is 86.2 Å². The van der Waals surface area contributed by atoms with Gasteiger partial charge in [0.25, 0.3) is 0 Å². The van der Waals surface area contributed by atoms with Crippen molar-refractivity contribution in [2.24, 2.45) is 5.16 Å². The highest BCUT2D eigenvalue weighted by molar-refractivity contribution is 5.93. The van der Waals surface area contributed by atoms with Gasteiger partial charge in [-0.3, -0.25) is 0 Å². The highest BCUT2D eigenvalue weighted by atomic mass is 16.7. The number of carbonyl (C=O) groups is 2. The summed E-state index contributed by atoms with van der Waals surface area (Å²) in [4.78, 5) is 27.7. The summed E-state index contributed by atoms with van der Waals surface area (Å²) in [7, 11) is 0. The van der Waals surface area contributed by atoms with Crippen molar-refractivity contribution in [3.8, 4) is 0 Å². The Labute approximate surface area is 112 Å². The van der Waals surface area contributed by atoms with Crippen LogP contribution in [0.2, 0.25) is 0 Å². The van der Waals surface area contributed by atoms with Crippen molar-refractivity contribution in [3.05, 3.63) is 0 Å². The Morgan fingerprint density at radius 3 is 2.74 bits per heavy atom. The predicted molar refractivity (Wildman–Crippen MR) is 67.8 cm³/mol. The van der Waals surface area contributed by atoms with Gasteiger partial charge in [0.05, 0.1) is 18.9 Å². The molecule has 0 saturated heterocycles. The molecular weight excluding hydrogens is 252 g/mol. The normalized spacial score (nSPS) is 18.3. The highest BCUT2D eigenvalue weighted by Gasteiger charge is 2.29. The lowest BCUT2D eigenvalue weighted by molar-refractivity contribution is -0.154. The van der Waals surface area contributed by atoms with Gasteiger partial charge in [0.1, 0.15) is 5.60 Å². The molecular formula is C12H20N2O5. The number of esters is 1. The third-order valence-corrected chi connectivity index (χ3v) is 2.12. The van der Waals surface area contributed by atoms with Crippen LogP contribution in [0, 0.1) is 0 Å². The van der Waals surface area contributed by atoms with E-state index in [4.69, 9.17) is 14.3 Å². The maximum atomic E-state index is 11.4. The molecule has 19 heavy (non-hydrogen) atoms. The molecule has 0 aliphatic carbocycles. The van der Waals surface area contributed by atoms with Crippen LogP contribution in [0.3, 0.4) is 0 Å². The second-order valence-corrected chi connectivity index (χ2v) is 5.06. The van der Waals surface area contributed by atoms with Crippen molar-refractivity contribution in [1.29, 1.82) is 0 Å². The van der Waals surface area contributed by atoms with Gasteiger partial charge < -0.3 is 19.6 Å². The molecule has 7 heteroatoms. The first kappa shape index (κ1) is 15.3. The van der Waals surface area contributed by atoms with Crippen molar-refractivity contribution in [1.82, 2.24) is 5.32 Å². The van der Waals surface area contributed by atoms with E-state index in [2.05, 4.69) is 10.5 Å². The highest BCUT2D eigenvalue weighted by Crippen LogP contribution is 2.12. The summed E-state index contributed by atoms with van der Waals surface area (Å²) in [5.41, 5.74) is 0.0230. The maximum Gasteiger partial charge on any atom is 0.407 e. The van der Waals surface area contributed by atoms with E-state index in [-0.39, 0.29) is 6.54 Å². The third-order valence-electron chi connectivity index (χ3n) is 2.12. The van der Waals surface area contributed by atoms with Gasteiger partial charge in [0.2, 0.25) is 6.10 Å². The molecule has 0 aromatic carbocycles. The van der Waals surface area contributed by atoms with E-state index in [1.54, 1.807) is 27.7 Å². The maximum absolute atomic E-state index is 11.4. The van der Waals surface area contributed by atoms with E-state index in [9.17, 15) is 9.59 Å². The summed E-state index contributed by atoms with van der Waals surface area (Å²) in [6.07, 6.45) is -0.931. The summed E-state index contributed by atoms with van der Waals surface area (Å²) >= 11 is 0. The number of alkyl carbamates (subject to hydrolysis) is 1. The van der Waals surface area contributed by atoms with Crippen LogP contribution in [-0.4, -0.2) is 42.6 Å². The van der Waals surface area contributed by atoms with Gasteiger partial charge in [0, 0.05) is 6.42 Å². The second-order valence-electron chi connectivity index (χ2n) is 5.06. The smallest absolute Gasteiger partial charge is 0.407 e. The van der Waals surface area contributed by atoms with Gasteiger partial charge in [-0.25, -0.2) is 9.59 Å². The molecule has 1 atom stereocenters. The van der Waals surface area contributed by atoms with E-state index in [0.717, 1.165) is 0 Å². The minimum atomic E-state index is -0.713. The lowest BCUT2D eigenvalue weighted by Crippen LogP contribution is -2.35. The van der Waals surface area contributed by atoms with Crippen molar-refractivity contribution in [3.63, 3.8) is 0 Å². The van der Waals surface area contributed by atoms with Gasteiger partial charge in [0.15, 0.2) is 0 Å². The number of ether oxygens (including phenoxy) is 2. The van der Waals surface area contributed by atoms with Crippen molar-refractivity contribution in [2.75, 3.05) is 13.2 Å². The van der Waals surface area contributed by atoms with Crippen molar-refractivity contribution >= 4 is 17.8 Å². The molecule has 0 radical (unpaired) electrons. The Balaban J connectivity index is 2.29. The summed E-state index contributed by atoms with van der Waals surface area (Å²) in [5, 5.41) is 6.28. The Morgan fingerprint density at radius 2 is 2.16 bits per heavy atom. The van der Waals surface area contributed by atoms with E-state index in [1.807, 2.05) is 0 Å². The van der Waals surface area contributed by atoms with Crippen LogP contribution in [0.15, 0.2) is 5.16 Å². The largest absolute Gasteiger partial charge is 0.463 e. The van der Waals surface area contributed by atoms with E-state index in [1.165, 1.54) is 0 Å². The molecule has 0 aromatic heterocycles. The summed E-state index contributed by atoms with van der Waals surface area (Å²) in [5.74, 6) is -0.446. The Kier molecular flexibility index (Phi) is 5.14. The lowest BCUT2D eigenvalue weighted by Gasteiger charge is -2.19. The molecule has 0 saturated carbocycles. The van der Waals surface area contributed by atoms with Crippen molar-refractivity contribution < 1.29 is 23.9 Å². The second kappa shape index (κ2) is 6.40. The molecule has 1 N–H and O–H groups in total. The first-order chi connectivity index (χ1) is 8.81. The van der Waals surface area contributed by atoms with Gasteiger partial charge >= 0.3 is 12.1 Å². The molecule has 1 aliphatic rings.